The quantitative estimate of drug-likeness (QED) is 0.548. The van der Waals surface area contributed by atoms with Crippen LogP contribution in [0.2, 0.25) is 0 Å². The first kappa shape index (κ1) is 21.2. The van der Waals surface area contributed by atoms with Gasteiger partial charge in [0.05, 0.1) is 40.5 Å². The van der Waals surface area contributed by atoms with Crippen LogP contribution < -0.4 is 10.6 Å². The van der Waals surface area contributed by atoms with Crippen molar-refractivity contribution in [1.29, 1.82) is 5.26 Å². The predicted molar refractivity (Wildman–Crippen MR) is 113 cm³/mol. The molecule has 0 aliphatic heterocycles. The number of amides is 1. The zero-order valence-corrected chi connectivity index (χ0v) is 17.5. The molecule has 3 N–H and O–H groups in total. The minimum atomic E-state index is -0.851. The second kappa shape index (κ2) is 8.47. The van der Waals surface area contributed by atoms with Gasteiger partial charge in [0.2, 0.25) is 0 Å². The van der Waals surface area contributed by atoms with Gasteiger partial charge in [0.25, 0.3) is 5.91 Å². The summed E-state index contributed by atoms with van der Waals surface area (Å²) in [6.45, 7) is 7.71. The van der Waals surface area contributed by atoms with Crippen molar-refractivity contribution in [3.05, 3.63) is 41.9 Å². The van der Waals surface area contributed by atoms with Gasteiger partial charge in [-0.1, -0.05) is 0 Å². The third-order valence-corrected chi connectivity index (χ3v) is 4.37. The molecule has 0 bridgehead atoms. The van der Waals surface area contributed by atoms with Gasteiger partial charge in [-0.25, -0.2) is 9.50 Å². The maximum atomic E-state index is 12.7. The topological polar surface area (TPSA) is 128 Å². The summed E-state index contributed by atoms with van der Waals surface area (Å²) in [5.74, 6) is -0.267. The van der Waals surface area contributed by atoms with Crippen molar-refractivity contribution >= 4 is 17.2 Å². The summed E-state index contributed by atoms with van der Waals surface area (Å²) in [7, 11) is 0. The van der Waals surface area contributed by atoms with E-state index in [0.29, 0.717) is 46.8 Å². The molecule has 0 aliphatic rings. The van der Waals surface area contributed by atoms with Gasteiger partial charge in [-0.3, -0.25) is 9.78 Å². The van der Waals surface area contributed by atoms with E-state index in [2.05, 4.69) is 25.7 Å². The molecule has 156 valence electrons. The second-order valence-corrected chi connectivity index (χ2v) is 8.00. The number of nitriles is 1. The van der Waals surface area contributed by atoms with E-state index in [4.69, 9.17) is 5.26 Å². The van der Waals surface area contributed by atoms with Crippen LogP contribution in [0.3, 0.4) is 0 Å². The number of pyridine rings is 1. The Morgan fingerprint density at radius 1 is 1.27 bits per heavy atom. The van der Waals surface area contributed by atoms with Crippen molar-refractivity contribution in [3.63, 3.8) is 0 Å². The Morgan fingerprint density at radius 3 is 2.70 bits per heavy atom. The van der Waals surface area contributed by atoms with Crippen molar-refractivity contribution in [2.24, 2.45) is 0 Å². The van der Waals surface area contributed by atoms with Gasteiger partial charge in [-0.15, -0.1) is 0 Å². The lowest BCUT2D eigenvalue weighted by molar-refractivity contribution is 0.0693. The van der Waals surface area contributed by atoms with Crippen LogP contribution >= 0.6 is 0 Å². The highest BCUT2D eigenvalue weighted by molar-refractivity contribution is 5.99. The average Bonchev–Trinajstić information content (AvgIpc) is 3.09. The Kier molecular flexibility index (Phi) is 5.99. The van der Waals surface area contributed by atoms with E-state index < -0.39 is 5.60 Å². The molecule has 9 nitrogen and oxygen atoms in total. The maximum absolute atomic E-state index is 12.7. The van der Waals surface area contributed by atoms with E-state index in [1.165, 1.54) is 12.4 Å². The molecule has 0 saturated carbocycles. The normalized spacial score (nSPS) is 11.5. The lowest BCUT2D eigenvalue weighted by Crippen LogP contribution is -2.31. The van der Waals surface area contributed by atoms with Crippen LogP contribution in [0.5, 0.6) is 0 Å². The Bertz CT molecular complexity index is 1110. The molecule has 9 heteroatoms. The Balaban J connectivity index is 1.93. The smallest absolute Gasteiger partial charge is 0.254 e. The number of carbonyl (C=O) groups excluding carboxylic acids is 1. The summed E-state index contributed by atoms with van der Waals surface area (Å²) in [5, 5.41) is 29.2. The van der Waals surface area contributed by atoms with Crippen LogP contribution in [-0.2, 0) is 0 Å². The summed E-state index contributed by atoms with van der Waals surface area (Å²) >= 11 is 0. The highest BCUT2D eigenvalue weighted by atomic mass is 16.3. The molecule has 3 aromatic rings. The lowest BCUT2D eigenvalue weighted by Gasteiger charge is -2.18. The number of hydrogen-bond acceptors (Lipinski definition) is 7. The Hall–Kier alpha value is -3.51. The van der Waals surface area contributed by atoms with Crippen molar-refractivity contribution in [2.75, 3.05) is 11.9 Å². The molecular weight excluding hydrogens is 382 g/mol. The number of imidazole rings is 1. The van der Waals surface area contributed by atoms with Crippen molar-refractivity contribution in [1.82, 2.24) is 24.9 Å². The van der Waals surface area contributed by atoms with E-state index in [9.17, 15) is 9.90 Å². The Labute approximate surface area is 174 Å². The van der Waals surface area contributed by atoms with Crippen LogP contribution in [0.4, 0.5) is 5.69 Å². The molecule has 0 atom stereocenters. The molecule has 0 radical (unpaired) electrons. The van der Waals surface area contributed by atoms with Gasteiger partial charge >= 0.3 is 0 Å². The third-order valence-electron chi connectivity index (χ3n) is 4.37. The number of aromatic nitrogens is 4. The molecule has 0 spiro atoms. The lowest BCUT2D eigenvalue weighted by atomic mass is 10.1. The zero-order chi connectivity index (χ0) is 21.9. The minimum absolute atomic E-state index is 0.0988. The largest absolute Gasteiger partial charge is 0.390 e. The number of hydrogen-bond donors (Lipinski definition) is 3. The second-order valence-electron chi connectivity index (χ2n) is 8.00. The Morgan fingerprint density at radius 2 is 2.03 bits per heavy atom. The average molecular weight is 407 g/mol. The molecule has 0 unspecified atom stereocenters. The molecule has 1 amide bonds. The van der Waals surface area contributed by atoms with Gasteiger partial charge in [-0.2, -0.15) is 10.4 Å². The first-order valence-corrected chi connectivity index (χ1v) is 9.69. The van der Waals surface area contributed by atoms with Crippen LogP contribution in [0.25, 0.3) is 17.0 Å². The molecule has 3 rings (SSSR count). The standard InChI is InChI=1S/C21H25N7O2/c1-13(2)27-16-8-17(18-12-25-19-7-14(9-22)10-26-28(18)19)24-11-15(16)20(29)23-6-5-21(3,4)30/h7-8,10-13,30H,5-6H2,1-4H3,(H,23,29)(H,24,27). The van der Waals surface area contributed by atoms with Crippen LogP contribution in [0, 0.1) is 11.3 Å². The van der Waals surface area contributed by atoms with E-state index in [-0.39, 0.29) is 11.9 Å². The van der Waals surface area contributed by atoms with Crippen molar-refractivity contribution in [3.8, 4) is 17.5 Å². The fourth-order valence-electron chi connectivity index (χ4n) is 2.90. The van der Waals surface area contributed by atoms with Gasteiger partial charge < -0.3 is 15.7 Å². The van der Waals surface area contributed by atoms with E-state index in [1.807, 2.05) is 19.9 Å². The van der Waals surface area contributed by atoms with Crippen LogP contribution in [0.1, 0.15) is 50.0 Å². The first-order valence-electron chi connectivity index (χ1n) is 9.69. The highest BCUT2D eigenvalue weighted by Crippen LogP contribution is 2.25. The molecule has 30 heavy (non-hydrogen) atoms. The number of nitrogens with one attached hydrogen (secondary N) is 2. The molecular formula is C21H25N7O2. The molecule has 3 heterocycles. The van der Waals surface area contributed by atoms with E-state index in [0.717, 1.165) is 0 Å². The van der Waals surface area contributed by atoms with Crippen LogP contribution in [0.15, 0.2) is 30.7 Å². The zero-order valence-electron chi connectivity index (χ0n) is 17.5. The number of carbonyl (C=O) groups is 1. The minimum Gasteiger partial charge on any atom is -0.390 e. The molecule has 0 saturated heterocycles. The summed E-state index contributed by atoms with van der Waals surface area (Å²) in [5.41, 5.74) is 2.41. The highest BCUT2D eigenvalue weighted by Gasteiger charge is 2.18. The van der Waals surface area contributed by atoms with Crippen molar-refractivity contribution in [2.45, 2.75) is 45.8 Å². The number of nitrogens with zero attached hydrogens (tertiary/aromatic N) is 5. The van der Waals surface area contributed by atoms with Crippen molar-refractivity contribution < 1.29 is 9.90 Å². The number of rotatable bonds is 7. The van der Waals surface area contributed by atoms with Gasteiger partial charge in [0.1, 0.15) is 11.8 Å². The van der Waals surface area contributed by atoms with Gasteiger partial charge in [-0.05, 0) is 40.2 Å². The molecule has 0 fully saturated rings. The summed E-state index contributed by atoms with van der Waals surface area (Å²) in [6, 6.07) is 5.57. The van der Waals surface area contributed by atoms with Gasteiger partial charge in [0.15, 0.2) is 5.65 Å². The number of fused-ring (bicyclic) bond motifs is 1. The molecule has 0 aromatic carbocycles. The summed E-state index contributed by atoms with van der Waals surface area (Å²) in [4.78, 5) is 21.4. The van der Waals surface area contributed by atoms with E-state index in [1.54, 1.807) is 36.7 Å². The fourth-order valence-corrected chi connectivity index (χ4v) is 2.90. The molecule has 3 aromatic heterocycles. The summed E-state index contributed by atoms with van der Waals surface area (Å²) in [6.07, 6.45) is 5.06. The SMILES string of the molecule is CC(C)Nc1cc(-c2cnc3cc(C#N)cnn23)ncc1C(=O)NCCC(C)(C)O. The maximum Gasteiger partial charge on any atom is 0.254 e. The van der Waals surface area contributed by atoms with E-state index >= 15 is 0 Å². The predicted octanol–water partition coefficient (Wildman–Crippen LogP) is 2.37. The summed E-state index contributed by atoms with van der Waals surface area (Å²) < 4.78 is 1.60. The number of anilines is 1. The third kappa shape index (κ3) is 4.90. The van der Waals surface area contributed by atoms with Gasteiger partial charge in [0, 0.05) is 24.8 Å². The molecule has 0 aliphatic carbocycles. The fraction of sp³-hybridized carbons (Fsp3) is 0.381. The number of aliphatic hydroxyl groups is 1. The first-order chi connectivity index (χ1) is 14.2. The monoisotopic (exact) mass is 407 g/mol. The van der Waals surface area contributed by atoms with Crippen LogP contribution in [-0.4, -0.2) is 48.8 Å².